The van der Waals surface area contributed by atoms with Gasteiger partial charge in [0.05, 0.1) is 13.1 Å². The summed E-state index contributed by atoms with van der Waals surface area (Å²) in [6.45, 7) is 11.5. The van der Waals surface area contributed by atoms with Crippen molar-refractivity contribution in [2.75, 3.05) is 13.1 Å². The van der Waals surface area contributed by atoms with Gasteiger partial charge in [0.25, 0.3) is 0 Å². The maximum absolute atomic E-state index is 9.92. The van der Waals surface area contributed by atoms with Crippen molar-refractivity contribution in [2.45, 2.75) is 53.4 Å². The Balaban J connectivity index is 0. The van der Waals surface area contributed by atoms with Crippen LogP contribution in [0.5, 0.6) is 11.5 Å². The number of phenolic OH excluding ortho intramolecular Hbond substituents is 2. The number of nitrogens with zero attached hydrogens (tertiary/aromatic N) is 2. The fraction of sp³-hybridized carbons (Fsp3) is 0.385. The van der Waals surface area contributed by atoms with Crippen LogP contribution in [-0.4, -0.2) is 47.7 Å². The molecule has 0 aromatic heterocycles. The molecule has 2 N–H and O–H groups in total. The van der Waals surface area contributed by atoms with Crippen molar-refractivity contribution in [3.05, 3.63) is 58.7 Å². The second kappa shape index (κ2) is 18.2. The summed E-state index contributed by atoms with van der Waals surface area (Å²) in [4.78, 5) is 26.5. The minimum atomic E-state index is -1.08. The van der Waals surface area contributed by atoms with Crippen LogP contribution in [0.1, 0.15) is 75.6 Å². The van der Waals surface area contributed by atoms with Crippen LogP contribution in [0.15, 0.2) is 46.4 Å². The van der Waals surface area contributed by atoms with Gasteiger partial charge in [-0.25, -0.2) is 0 Å². The fourth-order valence-electron chi connectivity index (χ4n) is 2.51. The molecule has 0 saturated heterocycles. The Kier molecular flexibility index (Phi) is 17.7. The SMILES string of the molecule is CC(=O)[O-].CC(=O)[O-].CC(C)c1ccc(O)c(C=NCCN=Cc2cc(C(C)C)ccc2O)c1.[Co+2]. The Morgan fingerprint density at radius 1 is 0.771 bits per heavy atom. The van der Waals surface area contributed by atoms with Crippen LogP contribution < -0.4 is 10.2 Å². The molecule has 0 bridgehead atoms. The Bertz CT molecular complexity index is 900. The fourth-order valence-corrected chi connectivity index (χ4v) is 2.51. The van der Waals surface area contributed by atoms with Crippen molar-refractivity contribution in [2.24, 2.45) is 9.98 Å². The third-order valence-corrected chi connectivity index (χ3v) is 4.26. The van der Waals surface area contributed by atoms with Crippen molar-refractivity contribution in [3.63, 3.8) is 0 Å². The number of phenols is 2. The number of carbonyl (C=O) groups is 2. The molecule has 2 aromatic rings. The first-order valence-electron chi connectivity index (χ1n) is 10.9. The Hall–Kier alpha value is -3.17. The second-order valence-corrected chi connectivity index (χ2v) is 8.00. The number of carbonyl (C=O) groups excluding carboxylic acids is 2. The van der Waals surface area contributed by atoms with E-state index in [4.69, 9.17) is 19.8 Å². The van der Waals surface area contributed by atoms with Crippen LogP contribution in [0, 0.1) is 0 Å². The summed E-state index contributed by atoms with van der Waals surface area (Å²) < 4.78 is 0. The quantitative estimate of drug-likeness (QED) is 0.416. The Labute approximate surface area is 217 Å². The van der Waals surface area contributed by atoms with Crippen molar-refractivity contribution in [1.82, 2.24) is 0 Å². The Morgan fingerprint density at radius 3 is 1.31 bits per heavy atom. The molecule has 2 rings (SSSR count). The average molecular weight is 529 g/mol. The van der Waals surface area contributed by atoms with E-state index in [1.54, 1.807) is 24.6 Å². The van der Waals surface area contributed by atoms with Crippen LogP contribution in [0.4, 0.5) is 0 Å². The van der Waals surface area contributed by atoms with E-state index in [2.05, 4.69) is 37.7 Å². The van der Waals surface area contributed by atoms with Gasteiger partial charge in [-0.1, -0.05) is 39.8 Å². The van der Waals surface area contributed by atoms with E-state index >= 15 is 0 Å². The zero-order valence-corrected chi connectivity index (χ0v) is 22.0. The van der Waals surface area contributed by atoms with Crippen molar-refractivity contribution in [3.8, 4) is 11.5 Å². The molecule has 193 valence electrons. The summed E-state index contributed by atoms with van der Waals surface area (Å²) in [6, 6.07) is 11.2. The minimum absolute atomic E-state index is 0. The normalized spacial score (nSPS) is 10.4. The smallest absolute Gasteiger partial charge is 0.550 e. The van der Waals surface area contributed by atoms with Crippen molar-refractivity contribution < 1.29 is 46.8 Å². The number of carboxylic acids is 2. The minimum Gasteiger partial charge on any atom is -0.550 e. The molecule has 0 aliphatic carbocycles. The van der Waals surface area contributed by atoms with Crippen molar-refractivity contribution >= 4 is 24.4 Å². The van der Waals surface area contributed by atoms with Gasteiger partial charge < -0.3 is 30.0 Å². The average Bonchev–Trinajstić information content (AvgIpc) is 2.71. The topological polar surface area (TPSA) is 145 Å². The number of aromatic hydroxyl groups is 2. The first kappa shape index (κ1) is 34.0. The molecule has 0 saturated carbocycles. The molecule has 0 atom stereocenters. The summed E-state index contributed by atoms with van der Waals surface area (Å²) >= 11 is 0. The molecule has 0 aliphatic heterocycles. The summed E-state index contributed by atoms with van der Waals surface area (Å²) in [5.41, 5.74) is 3.79. The number of hydrogen-bond acceptors (Lipinski definition) is 8. The number of aliphatic imine (C=N–C) groups is 2. The molecule has 0 aliphatic rings. The maximum Gasteiger partial charge on any atom is 2.00 e. The molecule has 8 nitrogen and oxygen atoms in total. The molecule has 0 unspecified atom stereocenters. The van der Waals surface area contributed by atoms with Crippen LogP contribution >= 0.6 is 0 Å². The predicted molar refractivity (Wildman–Crippen MR) is 131 cm³/mol. The standard InChI is InChI=1S/C22H28N2O2.2C2H4O2.Co/c1-15(2)17-5-7-21(25)19(11-17)13-23-9-10-24-14-20-12-18(16(3)4)6-8-22(20)26;2*1-2(3)4;/h5-8,11-16,25-26H,9-10H2,1-4H3;2*1H3,(H,3,4);/q;;;+2/p-2. The van der Waals surface area contributed by atoms with Crippen LogP contribution in [-0.2, 0) is 26.4 Å². The summed E-state index contributed by atoms with van der Waals surface area (Å²) in [7, 11) is 0. The maximum atomic E-state index is 9.92. The molecular formula is C26H34CoN2O6. The third kappa shape index (κ3) is 16.1. The summed E-state index contributed by atoms with van der Waals surface area (Å²) in [5, 5.41) is 37.6. The predicted octanol–water partition coefficient (Wildman–Crippen LogP) is 2.39. The Morgan fingerprint density at radius 2 is 1.06 bits per heavy atom. The molecule has 0 amide bonds. The van der Waals surface area contributed by atoms with Gasteiger partial charge in [0.2, 0.25) is 0 Å². The van der Waals surface area contributed by atoms with Gasteiger partial charge in [-0.05, 0) is 61.1 Å². The molecule has 0 spiro atoms. The van der Waals surface area contributed by atoms with Crippen molar-refractivity contribution in [1.29, 1.82) is 0 Å². The first-order valence-corrected chi connectivity index (χ1v) is 10.9. The molecule has 35 heavy (non-hydrogen) atoms. The van der Waals surface area contributed by atoms with E-state index in [-0.39, 0.29) is 28.3 Å². The van der Waals surface area contributed by atoms with E-state index in [0.717, 1.165) is 25.0 Å². The zero-order chi connectivity index (χ0) is 26.3. The molecule has 0 heterocycles. The molecular weight excluding hydrogens is 495 g/mol. The number of rotatable bonds is 7. The molecule has 2 aromatic carbocycles. The number of benzene rings is 2. The van der Waals surface area contributed by atoms with Gasteiger partial charge in [0.1, 0.15) is 11.5 Å². The van der Waals surface area contributed by atoms with Gasteiger partial charge in [-0.3, -0.25) is 9.98 Å². The summed E-state index contributed by atoms with van der Waals surface area (Å²) in [6.07, 6.45) is 3.38. The molecule has 0 fully saturated rings. The van der Waals surface area contributed by atoms with Crippen LogP contribution in [0.25, 0.3) is 0 Å². The molecule has 1 radical (unpaired) electrons. The van der Waals surface area contributed by atoms with Gasteiger partial charge in [0.15, 0.2) is 0 Å². The van der Waals surface area contributed by atoms with Crippen LogP contribution in [0.2, 0.25) is 0 Å². The second-order valence-electron chi connectivity index (χ2n) is 8.00. The number of aliphatic carboxylic acids is 2. The van der Waals surface area contributed by atoms with Gasteiger partial charge in [-0.15, -0.1) is 0 Å². The first-order chi connectivity index (χ1) is 15.8. The summed E-state index contributed by atoms with van der Waals surface area (Å²) in [5.74, 6) is -0.891. The third-order valence-electron chi connectivity index (χ3n) is 4.26. The van der Waals surface area contributed by atoms with Gasteiger partial charge in [-0.2, -0.15) is 0 Å². The van der Waals surface area contributed by atoms with Gasteiger partial charge in [0, 0.05) is 35.5 Å². The molecule has 9 heteroatoms. The zero-order valence-electron chi connectivity index (χ0n) is 20.9. The van der Waals surface area contributed by atoms with Gasteiger partial charge >= 0.3 is 16.8 Å². The largest absolute Gasteiger partial charge is 2.00 e. The number of hydrogen-bond donors (Lipinski definition) is 2. The van der Waals surface area contributed by atoms with E-state index in [1.165, 1.54) is 11.1 Å². The van der Waals surface area contributed by atoms with E-state index in [0.29, 0.717) is 24.9 Å². The van der Waals surface area contributed by atoms with E-state index in [1.807, 2.05) is 24.3 Å². The van der Waals surface area contributed by atoms with E-state index < -0.39 is 11.9 Å². The van der Waals surface area contributed by atoms with E-state index in [9.17, 15) is 10.2 Å². The van der Waals surface area contributed by atoms with Crippen LogP contribution in [0.3, 0.4) is 0 Å². The monoisotopic (exact) mass is 529 g/mol. The number of carboxylic acid groups (broad SMARTS) is 2.